The van der Waals surface area contributed by atoms with Gasteiger partial charge in [-0.2, -0.15) is 13.2 Å². The number of benzene rings is 2. The molecule has 5 nitrogen and oxygen atoms in total. The summed E-state index contributed by atoms with van der Waals surface area (Å²) in [5.41, 5.74) is 0.221. The third kappa shape index (κ3) is 4.69. The topological polar surface area (TPSA) is 58.6 Å². The average molecular weight is 392 g/mol. The highest BCUT2D eigenvalue weighted by Gasteiger charge is 2.30. The first-order chi connectivity index (χ1) is 13.2. The predicted octanol–water partition coefficient (Wildman–Crippen LogP) is 3.82. The van der Waals surface area contributed by atoms with E-state index in [1.807, 2.05) is 6.92 Å². The Morgan fingerprint density at radius 1 is 1.04 bits per heavy atom. The maximum Gasteiger partial charge on any atom is 0.416 e. The molecule has 1 heterocycles. The Kier molecular flexibility index (Phi) is 5.69. The van der Waals surface area contributed by atoms with E-state index in [0.717, 1.165) is 24.3 Å². The molecule has 0 spiro atoms. The van der Waals surface area contributed by atoms with Crippen LogP contribution in [0.1, 0.15) is 33.2 Å². The van der Waals surface area contributed by atoms with Crippen LogP contribution >= 0.6 is 0 Å². The van der Waals surface area contributed by atoms with Crippen molar-refractivity contribution in [3.63, 3.8) is 0 Å². The number of nitrogens with zero attached hydrogens (tertiary/aromatic N) is 1. The smallest absolute Gasteiger partial charge is 0.375 e. The molecule has 0 aromatic heterocycles. The average Bonchev–Trinajstić information content (AvgIpc) is 2.67. The van der Waals surface area contributed by atoms with Gasteiger partial charge in [0.1, 0.15) is 0 Å². The fourth-order valence-corrected chi connectivity index (χ4v) is 2.90. The molecule has 1 N–H and O–H groups in total. The second-order valence-corrected chi connectivity index (χ2v) is 6.54. The van der Waals surface area contributed by atoms with Gasteiger partial charge < -0.3 is 15.0 Å². The molecule has 0 saturated carbocycles. The van der Waals surface area contributed by atoms with Gasteiger partial charge in [-0.1, -0.05) is 0 Å². The molecule has 0 aliphatic carbocycles. The highest BCUT2D eigenvalue weighted by Crippen LogP contribution is 2.29. The number of ether oxygens (including phenoxy) is 1. The Morgan fingerprint density at radius 3 is 2.21 bits per heavy atom. The maximum atomic E-state index is 12.6. The van der Waals surface area contributed by atoms with Gasteiger partial charge in [-0.25, -0.2) is 0 Å². The fourth-order valence-electron chi connectivity index (χ4n) is 2.90. The zero-order valence-corrected chi connectivity index (χ0v) is 15.1. The van der Waals surface area contributed by atoms with Crippen LogP contribution in [0.4, 0.5) is 18.9 Å². The predicted molar refractivity (Wildman–Crippen MR) is 97.2 cm³/mol. The highest BCUT2D eigenvalue weighted by atomic mass is 19.4. The third-order valence-corrected chi connectivity index (χ3v) is 4.39. The van der Waals surface area contributed by atoms with Crippen molar-refractivity contribution in [2.75, 3.05) is 25.0 Å². The summed E-state index contributed by atoms with van der Waals surface area (Å²) < 4.78 is 43.2. The zero-order valence-electron chi connectivity index (χ0n) is 15.1. The van der Waals surface area contributed by atoms with Crippen molar-refractivity contribution in [3.8, 4) is 0 Å². The summed E-state index contributed by atoms with van der Waals surface area (Å²) in [6.07, 6.45) is -4.46. The first kappa shape index (κ1) is 19.9. The van der Waals surface area contributed by atoms with Gasteiger partial charge >= 0.3 is 6.18 Å². The molecule has 1 fully saturated rings. The zero-order chi connectivity index (χ0) is 20.3. The van der Waals surface area contributed by atoms with Gasteiger partial charge in [0.25, 0.3) is 11.8 Å². The Labute approximate surface area is 160 Å². The molecule has 148 valence electrons. The lowest BCUT2D eigenvalue weighted by Crippen LogP contribution is -2.44. The number of morpholine rings is 1. The number of halogens is 3. The van der Waals surface area contributed by atoms with Crippen LogP contribution in [0.3, 0.4) is 0 Å². The molecular weight excluding hydrogens is 373 g/mol. The second-order valence-electron chi connectivity index (χ2n) is 6.54. The van der Waals surface area contributed by atoms with Gasteiger partial charge in [0, 0.05) is 29.9 Å². The first-order valence-electron chi connectivity index (χ1n) is 8.73. The number of carbonyl (C=O) groups excluding carboxylic acids is 2. The number of rotatable bonds is 3. The molecule has 2 aromatic carbocycles. The molecule has 8 heteroatoms. The van der Waals surface area contributed by atoms with E-state index >= 15 is 0 Å². The minimum absolute atomic E-state index is 0.0139. The molecule has 28 heavy (non-hydrogen) atoms. The SMILES string of the molecule is CC1CN(C(=O)c2ccc(NC(=O)c3ccc(C(F)(F)F)cc3)cc2)CCO1. The van der Waals surface area contributed by atoms with Crippen LogP contribution in [-0.2, 0) is 10.9 Å². The number of hydrogen-bond donors (Lipinski definition) is 1. The summed E-state index contributed by atoms with van der Waals surface area (Å²) in [5, 5.41) is 2.60. The molecule has 0 radical (unpaired) electrons. The Hall–Kier alpha value is -2.87. The van der Waals surface area contributed by atoms with Gasteiger partial charge in [0.05, 0.1) is 18.3 Å². The second kappa shape index (κ2) is 8.02. The lowest BCUT2D eigenvalue weighted by atomic mass is 10.1. The van der Waals surface area contributed by atoms with Crippen molar-refractivity contribution < 1.29 is 27.5 Å². The normalized spacial score (nSPS) is 17.3. The van der Waals surface area contributed by atoms with Crippen molar-refractivity contribution in [1.29, 1.82) is 0 Å². The lowest BCUT2D eigenvalue weighted by Gasteiger charge is -2.31. The van der Waals surface area contributed by atoms with E-state index in [1.54, 1.807) is 29.2 Å². The molecule has 1 aliphatic rings. The van der Waals surface area contributed by atoms with Gasteiger partial charge in [-0.3, -0.25) is 9.59 Å². The molecule has 0 bridgehead atoms. The van der Waals surface area contributed by atoms with E-state index in [9.17, 15) is 22.8 Å². The number of anilines is 1. The van der Waals surface area contributed by atoms with E-state index < -0.39 is 17.6 Å². The standard InChI is InChI=1S/C20H19F3N2O3/c1-13-12-25(10-11-28-13)19(27)15-4-8-17(9-5-15)24-18(26)14-2-6-16(7-3-14)20(21,22)23/h2-9,13H,10-12H2,1H3,(H,24,26). The molecule has 1 atom stereocenters. The van der Waals surface area contributed by atoms with E-state index in [0.29, 0.717) is 30.9 Å². The largest absolute Gasteiger partial charge is 0.416 e. The summed E-state index contributed by atoms with van der Waals surface area (Å²) in [4.78, 5) is 26.4. The van der Waals surface area contributed by atoms with E-state index in [-0.39, 0.29) is 17.6 Å². The Balaban J connectivity index is 1.63. The summed E-state index contributed by atoms with van der Waals surface area (Å²) in [7, 11) is 0. The first-order valence-corrected chi connectivity index (χ1v) is 8.73. The summed E-state index contributed by atoms with van der Waals surface area (Å²) in [6.45, 7) is 3.44. The molecule has 3 rings (SSSR count). The molecule has 2 aromatic rings. The van der Waals surface area contributed by atoms with Gasteiger partial charge in [-0.05, 0) is 55.5 Å². The van der Waals surface area contributed by atoms with Crippen molar-refractivity contribution in [3.05, 3.63) is 65.2 Å². The Bertz CT molecular complexity index is 848. The van der Waals surface area contributed by atoms with Crippen molar-refractivity contribution in [2.24, 2.45) is 0 Å². The number of carbonyl (C=O) groups is 2. The highest BCUT2D eigenvalue weighted by molar-refractivity contribution is 6.04. The van der Waals surface area contributed by atoms with E-state index in [2.05, 4.69) is 5.32 Å². The summed E-state index contributed by atoms with van der Waals surface area (Å²) in [6, 6.07) is 10.3. The molecule has 1 unspecified atom stereocenters. The van der Waals surface area contributed by atoms with Gasteiger partial charge in [0.15, 0.2) is 0 Å². The maximum absolute atomic E-state index is 12.6. The Morgan fingerprint density at radius 2 is 1.64 bits per heavy atom. The van der Waals surface area contributed by atoms with Crippen molar-refractivity contribution in [2.45, 2.75) is 19.2 Å². The monoisotopic (exact) mass is 392 g/mol. The van der Waals surface area contributed by atoms with Gasteiger partial charge in [-0.15, -0.1) is 0 Å². The lowest BCUT2D eigenvalue weighted by molar-refractivity contribution is -0.137. The minimum Gasteiger partial charge on any atom is -0.375 e. The number of amides is 2. The minimum atomic E-state index is -4.45. The van der Waals surface area contributed by atoms with Crippen LogP contribution in [0.2, 0.25) is 0 Å². The van der Waals surface area contributed by atoms with Crippen molar-refractivity contribution >= 4 is 17.5 Å². The molecule has 1 saturated heterocycles. The van der Waals surface area contributed by atoms with Crippen molar-refractivity contribution in [1.82, 2.24) is 4.90 Å². The van der Waals surface area contributed by atoms with Gasteiger partial charge in [0.2, 0.25) is 0 Å². The van der Waals surface area contributed by atoms with Crippen LogP contribution in [-0.4, -0.2) is 42.5 Å². The molecular formula is C20H19F3N2O3. The van der Waals surface area contributed by atoms with Crippen LogP contribution in [0.25, 0.3) is 0 Å². The van der Waals surface area contributed by atoms with E-state index in [1.165, 1.54) is 0 Å². The van der Waals surface area contributed by atoms with Crippen LogP contribution in [0, 0.1) is 0 Å². The summed E-state index contributed by atoms with van der Waals surface area (Å²) >= 11 is 0. The number of hydrogen-bond acceptors (Lipinski definition) is 3. The number of nitrogens with one attached hydrogen (secondary N) is 1. The van der Waals surface area contributed by atoms with Crippen LogP contribution in [0.5, 0.6) is 0 Å². The summed E-state index contributed by atoms with van der Waals surface area (Å²) in [5.74, 6) is -0.648. The van der Waals surface area contributed by atoms with Crippen LogP contribution in [0.15, 0.2) is 48.5 Å². The van der Waals surface area contributed by atoms with E-state index in [4.69, 9.17) is 4.74 Å². The molecule has 1 aliphatic heterocycles. The fraction of sp³-hybridized carbons (Fsp3) is 0.300. The molecule has 2 amide bonds. The quantitative estimate of drug-likeness (QED) is 0.864. The number of alkyl halides is 3. The van der Waals surface area contributed by atoms with Crippen LogP contribution < -0.4 is 5.32 Å². The third-order valence-electron chi connectivity index (χ3n) is 4.39.